The number of carbonyl (C=O) groups excluding carboxylic acids is 1. The molecular weight excluding hydrogens is 240 g/mol. The lowest BCUT2D eigenvalue weighted by Crippen LogP contribution is -2.44. The van der Waals surface area contributed by atoms with Crippen LogP contribution in [0.3, 0.4) is 0 Å². The second kappa shape index (κ2) is 8.72. The van der Waals surface area contributed by atoms with Crippen LogP contribution in [-0.4, -0.2) is 50.2 Å². The van der Waals surface area contributed by atoms with Gasteiger partial charge in [-0.05, 0) is 38.8 Å². The van der Waals surface area contributed by atoms with Crippen molar-refractivity contribution in [1.29, 1.82) is 0 Å². The molecule has 1 fully saturated rings. The Kier molecular flexibility index (Phi) is 8.56. The van der Waals surface area contributed by atoms with Gasteiger partial charge in [0.1, 0.15) is 6.10 Å². The van der Waals surface area contributed by atoms with Crippen molar-refractivity contribution in [2.24, 2.45) is 5.92 Å². The highest BCUT2D eigenvalue weighted by molar-refractivity contribution is 5.85. The van der Waals surface area contributed by atoms with Gasteiger partial charge in [-0.25, -0.2) is 0 Å². The van der Waals surface area contributed by atoms with Gasteiger partial charge in [0.25, 0.3) is 5.91 Å². The Labute approximate surface area is 110 Å². The number of likely N-dealkylation sites (tertiary alicyclic amines) is 1. The normalized spacial score (nSPS) is 18.6. The number of ether oxygens (including phenoxy) is 1. The molecule has 1 atom stereocenters. The summed E-state index contributed by atoms with van der Waals surface area (Å²) in [7, 11) is 1.58. The molecule has 0 bridgehead atoms. The summed E-state index contributed by atoms with van der Waals surface area (Å²) >= 11 is 0. The number of hydrogen-bond acceptors (Lipinski definition) is 3. The third-order valence-corrected chi connectivity index (χ3v) is 3.31. The molecule has 1 rings (SSSR count). The van der Waals surface area contributed by atoms with Gasteiger partial charge < -0.3 is 15.0 Å². The SMILES string of the molecule is CCNCC1CCN(C(=O)C(C)OC)CC1.Cl. The van der Waals surface area contributed by atoms with Gasteiger partial charge in [0.2, 0.25) is 0 Å². The fourth-order valence-electron chi connectivity index (χ4n) is 2.06. The maximum atomic E-state index is 11.8. The highest BCUT2D eigenvalue weighted by atomic mass is 35.5. The summed E-state index contributed by atoms with van der Waals surface area (Å²) in [5, 5.41) is 3.37. The van der Waals surface area contributed by atoms with Crippen molar-refractivity contribution >= 4 is 18.3 Å². The summed E-state index contributed by atoms with van der Waals surface area (Å²) in [6, 6.07) is 0. The molecule has 0 aromatic heterocycles. The van der Waals surface area contributed by atoms with E-state index in [4.69, 9.17) is 4.74 Å². The van der Waals surface area contributed by atoms with Gasteiger partial charge >= 0.3 is 0 Å². The van der Waals surface area contributed by atoms with E-state index in [1.165, 1.54) is 0 Å². The molecule has 0 aliphatic carbocycles. The van der Waals surface area contributed by atoms with Crippen molar-refractivity contribution in [3.05, 3.63) is 0 Å². The van der Waals surface area contributed by atoms with Crippen molar-refractivity contribution in [2.45, 2.75) is 32.8 Å². The van der Waals surface area contributed by atoms with Crippen LogP contribution in [0.1, 0.15) is 26.7 Å². The highest BCUT2D eigenvalue weighted by Crippen LogP contribution is 2.17. The van der Waals surface area contributed by atoms with Gasteiger partial charge in [0.15, 0.2) is 0 Å². The van der Waals surface area contributed by atoms with E-state index in [0.717, 1.165) is 44.9 Å². The third kappa shape index (κ3) is 5.23. The van der Waals surface area contributed by atoms with Crippen molar-refractivity contribution in [1.82, 2.24) is 10.2 Å². The minimum Gasteiger partial charge on any atom is -0.372 e. The number of hydrogen-bond donors (Lipinski definition) is 1. The molecule has 4 nitrogen and oxygen atoms in total. The van der Waals surface area contributed by atoms with E-state index in [2.05, 4.69) is 12.2 Å². The number of nitrogens with one attached hydrogen (secondary N) is 1. The Morgan fingerprint density at radius 1 is 1.47 bits per heavy atom. The van der Waals surface area contributed by atoms with Gasteiger partial charge in [-0.1, -0.05) is 6.92 Å². The second-order valence-corrected chi connectivity index (χ2v) is 4.45. The zero-order chi connectivity index (χ0) is 12.0. The first kappa shape index (κ1) is 16.7. The molecular formula is C12H25ClN2O2. The first-order chi connectivity index (χ1) is 7.69. The predicted octanol–water partition coefficient (Wildman–Crippen LogP) is 1.29. The van der Waals surface area contributed by atoms with Crippen molar-refractivity contribution < 1.29 is 9.53 Å². The molecule has 17 heavy (non-hydrogen) atoms. The van der Waals surface area contributed by atoms with Crippen molar-refractivity contribution in [2.75, 3.05) is 33.3 Å². The Balaban J connectivity index is 0.00000256. The topological polar surface area (TPSA) is 41.6 Å². The molecule has 1 amide bonds. The molecule has 0 saturated carbocycles. The van der Waals surface area contributed by atoms with Crippen LogP contribution in [0.4, 0.5) is 0 Å². The Morgan fingerprint density at radius 2 is 2.06 bits per heavy atom. The molecule has 1 aliphatic heterocycles. The molecule has 1 unspecified atom stereocenters. The van der Waals surface area contributed by atoms with Gasteiger partial charge in [0.05, 0.1) is 0 Å². The molecule has 0 spiro atoms. The lowest BCUT2D eigenvalue weighted by Gasteiger charge is -2.33. The minimum absolute atomic E-state index is 0. The zero-order valence-electron chi connectivity index (χ0n) is 11.1. The van der Waals surface area contributed by atoms with Gasteiger partial charge in [-0.15, -0.1) is 12.4 Å². The summed E-state index contributed by atoms with van der Waals surface area (Å²) in [4.78, 5) is 13.8. The lowest BCUT2D eigenvalue weighted by atomic mass is 9.96. The number of rotatable bonds is 5. The molecule has 1 N–H and O–H groups in total. The highest BCUT2D eigenvalue weighted by Gasteiger charge is 2.25. The Bertz CT molecular complexity index is 219. The standard InChI is InChI=1S/C12H24N2O2.ClH/c1-4-13-9-11-5-7-14(8-6-11)12(15)10(2)16-3;/h10-11,13H,4-9H2,1-3H3;1H. The maximum absolute atomic E-state index is 11.8. The average Bonchev–Trinajstić information content (AvgIpc) is 2.35. The fourth-order valence-corrected chi connectivity index (χ4v) is 2.06. The van der Waals surface area contributed by atoms with E-state index < -0.39 is 0 Å². The van der Waals surface area contributed by atoms with Gasteiger partial charge in [-0.2, -0.15) is 0 Å². The van der Waals surface area contributed by atoms with Crippen LogP contribution in [0.25, 0.3) is 0 Å². The van der Waals surface area contributed by atoms with E-state index in [9.17, 15) is 4.79 Å². The zero-order valence-corrected chi connectivity index (χ0v) is 11.9. The van der Waals surface area contributed by atoms with E-state index in [1.807, 2.05) is 11.8 Å². The maximum Gasteiger partial charge on any atom is 0.251 e. The average molecular weight is 265 g/mol. The number of carbonyl (C=O) groups is 1. The Morgan fingerprint density at radius 3 is 2.53 bits per heavy atom. The van der Waals surface area contributed by atoms with Crippen LogP contribution < -0.4 is 5.32 Å². The number of methoxy groups -OCH3 is 1. The van der Waals surface area contributed by atoms with E-state index in [0.29, 0.717) is 0 Å². The smallest absolute Gasteiger partial charge is 0.251 e. The quantitative estimate of drug-likeness (QED) is 0.814. The number of nitrogens with zero attached hydrogens (tertiary/aromatic N) is 1. The largest absolute Gasteiger partial charge is 0.372 e. The molecule has 1 aliphatic rings. The molecule has 0 aromatic carbocycles. The van der Waals surface area contributed by atoms with Gasteiger partial charge in [-0.3, -0.25) is 4.79 Å². The van der Waals surface area contributed by atoms with E-state index in [1.54, 1.807) is 7.11 Å². The number of halogens is 1. The van der Waals surface area contributed by atoms with Crippen molar-refractivity contribution in [3.8, 4) is 0 Å². The summed E-state index contributed by atoms with van der Waals surface area (Å²) in [6.45, 7) is 7.80. The summed E-state index contributed by atoms with van der Waals surface area (Å²) in [5.41, 5.74) is 0. The monoisotopic (exact) mass is 264 g/mol. The van der Waals surface area contributed by atoms with Crippen LogP contribution >= 0.6 is 12.4 Å². The number of amides is 1. The molecule has 0 radical (unpaired) electrons. The molecule has 1 heterocycles. The first-order valence-corrected chi connectivity index (χ1v) is 6.21. The van der Waals surface area contributed by atoms with Crippen LogP contribution in [0.15, 0.2) is 0 Å². The molecule has 5 heteroatoms. The van der Waals surface area contributed by atoms with Crippen LogP contribution in [0.5, 0.6) is 0 Å². The molecule has 0 aromatic rings. The minimum atomic E-state index is -0.301. The van der Waals surface area contributed by atoms with Gasteiger partial charge in [0, 0.05) is 20.2 Å². The predicted molar refractivity (Wildman–Crippen MR) is 71.6 cm³/mol. The lowest BCUT2D eigenvalue weighted by molar-refractivity contribution is -0.142. The fraction of sp³-hybridized carbons (Fsp3) is 0.917. The molecule has 1 saturated heterocycles. The van der Waals surface area contributed by atoms with Crippen LogP contribution in [-0.2, 0) is 9.53 Å². The summed E-state index contributed by atoms with van der Waals surface area (Å²) in [6.07, 6.45) is 1.91. The molecule has 102 valence electrons. The van der Waals surface area contributed by atoms with E-state index >= 15 is 0 Å². The third-order valence-electron chi connectivity index (χ3n) is 3.31. The first-order valence-electron chi connectivity index (χ1n) is 6.21. The van der Waals surface area contributed by atoms with E-state index in [-0.39, 0.29) is 24.4 Å². The summed E-state index contributed by atoms with van der Waals surface area (Å²) < 4.78 is 5.05. The summed E-state index contributed by atoms with van der Waals surface area (Å²) in [5.74, 6) is 0.853. The van der Waals surface area contributed by atoms with Crippen LogP contribution in [0, 0.1) is 5.92 Å². The van der Waals surface area contributed by atoms with Crippen molar-refractivity contribution in [3.63, 3.8) is 0 Å². The number of piperidine rings is 1. The second-order valence-electron chi connectivity index (χ2n) is 4.45. The van der Waals surface area contributed by atoms with Crippen LogP contribution in [0.2, 0.25) is 0 Å². The Hall–Kier alpha value is -0.320.